The van der Waals surface area contributed by atoms with Gasteiger partial charge < -0.3 is 11.1 Å². The van der Waals surface area contributed by atoms with Gasteiger partial charge in [0.25, 0.3) is 0 Å². The molecular formula is C13H20N4S. The predicted octanol–water partition coefficient (Wildman–Crippen LogP) is 1.83. The lowest BCUT2D eigenvalue weighted by molar-refractivity contribution is 0.541. The van der Waals surface area contributed by atoms with Crippen LogP contribution in [0.5, 0.6) is 0 Å². The van der Waals surface area contributed by atoms with E-state index < -0.39 is 0 Å². The minimum atomic E-state index is 0.177. The second-order valence-electron chi connectivity index (χ2n) is 4.31. The van der Waals surface area contributed by atoms with Gasteiger partial charge in [0.1, 0.15) is 0 Å². The molecule has 0 amide bonds. The van der Waals surface area contributed by atoms with E-state index in [2.05, 4.69) is 41.0 Å². The molecule has 5 heteroatoms. The lowest BCUT2D eigenvalue weighted by Gasteiger charge is -2.16. The lowest BCUT2D eigenvalue weighted by Crippen LogP contribution is -2.28. The van der Waals surface area contributed by atoms with E-state index >= 15 is 0 Å². The molecule has 2 heterocycles. The zero-order valence-corrected chi connectivity index (χ0v) is 11.7. The molecule has 0 radical (unpaired) electrons. The minimum absolute atomic E-state index is 0.177. The highest BCUT2D eigenvalue weighted by Gasteiger charge is 2.16. The smallest absolute Gasteiger partial charge is 0.0670 e. The third-order valence-corrected chi connectivity index (χ3v) is 3.86. The second-order valence-corrected chi connectivity index (χ2v) is 5.34. The molecule has 4 nitrogen and oxygen atoms in total. The number of nitrogens with zero attached hydrogens (tertiary/aromatic N) is 2. The van der Waals surface area contributed by atoms with E-state index in [9.17, 15) is 0 Å². The third kappa shape index (κ3) is 2.98. The van der Waals surface area contributed by atoms with Gasteiger partial charge in [-0.3, -0.25) is 4.68 Å². The summed E-state index contributed by atoms with van der Waals surface area (Å²) in [7, 11) is 1.95. The van der Waals surface area contributed by atoms with Crippen molar-refractivity contribution in [3.05, 3.63) is 39.8 Å². The SMILES string of the molecule is CCc1nn(C)cc1C(CN)NCc1cccs1. The highest BCUT2D eigenvalue weighted by atomic mass is 32.1. The Labute approximate surface area is 112 Å². The Balaban J connectivity index is 2.07. The Hall–Kier alpha value is -1.17. The zero-order chi connectivity index (χ0) is 13.0. The summed E-state index contributed by atoms with van der Waals surface area (Å²) in [6, 6.07) is 4.38. The van der Waals surface area contributed by atoms with E-state index in [-0.39, 0.29) is 6.04 Å². The Morgan fingerprint density at radius 1 is 1.56 bits per heavy atom. The Morgan fingerprint density at radius 3 is 3.00 bits per heavy atom. The molecule has 3 N–H and O–H groups in total. The summed E-state index contributed by atoms with van der Waals surface area (Å²) in [5.41, 5.74) is 8.23. The minimum Gasteiger partial charge on any atom is -0.329 e. The third-order valence-electron chi connectivity index (χ3n) is 2.99. The van der Waals surface area contributed by atoms with Gasteiger partial charge in [0.15, 0.2) is 0 Å². The molecule has 0 fully saturated rings. The largest absolute Gasteiger partial charge is 0.329 e. The highest BCUT2D eigenvalue weighted by Crippen LogP contribution is 2.18. The normalized spacial score (nSPS) is 12.8. The van der Waals surface area contributed by atoms with Crippen LogP contribution in [-0.4, -0.2) is 16.3 Å². The molecule has 1 atom stereocenters. The van der Waals surface area contributed by atoms with Gasteiger partial charge in [0.05, 0.1) is 5.69 Å². The van der Waals surface area contributed by atoms with Crippen molar-refractivity contribution in [3.8, 4) is 0 Å². The van der Waals surface area contributed by atoms with Gasteiger partial charge in [-0.2, -0.15) is 5.10 Å². The van der Waals surface area contributed by atoms with E-state index in [0.29, 0.717) is 6.54 Å². The summed E-state index contributed by atoms with van der Waals surface area (Å²) in [5, 5.41) is 10.1. The van der Waals surface area contributed by atoms with Gasteiger partial charge in [-0.1, -0.05) is 13.0 Å². The average molecular weight is 264 g/mol. The van der Waals surface area contributed by atoms with Gasteiger partial charge in [-0.15, -0.1) is 11.3 Å². The van der Waals surface area contributed by atoms with Crippen molar-refractivity contribution in [3.63, 3.8) is 0 Å². The second kappa shape index (κ2) is 6.13. The molecule has 0 saturated heterocycles. The van der Waals surface area contributed by atoms with E-state index in [1.54, 1.807) is 11.3 Å². The van der Waals surface area contributed by atoms with E-state index in [1.165, 1.54) is 10.4 Å². The molecule has 0 saturated carbocycles. The standard InChI is InChI=1S/C13H20N4S/c1-3-12-11(9-17(2)16-12)13(7-14)15-8-10-5-4-6-18-10/h4-6,9,13,15H,3,7-8,14H2,1-2H3. The molecule has 1 unspecified atom stereocenters. The predicted molar refractivity (Wildman–Crippen MR) is 75.5 cm³/mol. The zero-order valence-electron chi connectivity index (χ0n) is 10.9. The molecule has 18 heavy (non-hydrogen) atoms. The van der Waals surface area contributed by atoms with Crippen LogP contribution in [0.15, 0.2) is 23.7 Å². The Morgan fingerprint density at radius 2 is 2.39 bits per heavy atom. The summed E-state index contributed by atoms with van der Waals surface area (Å²) < 4.78 is 1.86. The van der Waals surface area contributed by atoms with Gasteiger partial charge in [-0.25, -0.2) is 0 Å². The molecule has 2 aromatic heterocycles. The fourth-order valence-corrected chi connectivity index (χ4v) is 2.73. The number of thiophene rings is 1. The van der Waals surface area contributed by atoms with Crippen LogP contribution in [0, 0.1) is 0 Å². The molecule has 0 spiro atoms. The first-order valence-corrected chi connectivity index (χ1v) is 7.10. The number of nitrogens with two attached hydrogens (primary N) is 1. The summed E-state index contributed by atoms with van der Waals surface area (Å²) in [5.74, 6) is 0. The molecule has 0 aliphatic heterocycles. The van der Waals surface area contributed by atoms with Crippen molar-refractivity contribution in [1.29, 1.82) is 0 Å². The van der Waals surface area contributed by atoms with E-state index in [4.69, 9.17) is 5.73 Å². The van der Waals surface area contributed by atoms with Gasteiger partial charge in [0, 0.05) is 42.8 Å². The molecule has 0 aromatic carbocycles. The summed E-state index contributed by atoms with van der Waals surface area (Å²) in [6.45, 7) is 3.57. The van der Waals surface area contributed by atoms with Crippen LogP contribution in [0.25, 0.3) is 0 Å². The maximum absolute atomic E-state index is 5.88. The van der Waals surface area contributed by atoms with Crippen molar-refractivity contribution in [2.45, 2.75) is 25.9 Å². The summed E-state index contributed by atoms with van der Waals surface area (Å²) >= 11 is 1.76. The average Bonchev–Trinajstić information content (AvgIpc) is 2.99. The first-order chi connectivity index (χ1) is 8.74. The van der Waals surface area contributed by atoms with Crippen molar-refractivity contribution < 1.29 is 0 Å². The van der Waals surface area contributed by atoms with Crippen LogP contribution in [0.2, 0.25) is 0 Å². The number of hydrogen-bond donors (Lipinski definition) is 2. The fraction of sp³-hybridized carbons (Fsp3) is 0.462. The monoisotopic (exact) mass is 264 g/mol. The van der Waals surface area contributed by atoms with Gasteiger partial charge >= 0.3 is 0 Å². The number of rotatable bonds is 6. The molecule has 0 aliphatic carbocycles. The summed E-state index contributed by atoms with van der Waals surface area (Å²) in [4.78, 5) is 1.33. The maximum atomic E-state index is 5.88. The number of aryl methyl sites for hydroxylation is 2. The number of nitrogens with one attached hydrogen (secondary N) is 1. The van der Waals surface area contributed by atoms with Crippen LogP contribution in [-0.2, 0) is 20.0 Å². The lowest BCUT2D eigenvalue weighted by atomic mass is 10.1. The Bertz CT molecular complexity index is 475. The molecule has 98 valence electrons. The first kappa shape index (κ1) is 13.3. The van der Waals surface area contributed by atoms with Crippen LogP contribution in [0.4, 0.5) is 0 Å². The molecule has 2 rings (SSSR count). The van der Waals surface area contributed by atoms with Crippen molar-refractivity contribution in [2.75, 3.05) is 6.54 Å². The molecule has 0 bridgehead atoms. The maximum Gasteiger partial charge on any atom is 0.0670 e. The van der Waals surface area contributed by atoms with Crippen molar-refractivity contribution >= 4 is 11.3 Å². The number of hydrogen-bond acceptors (Lipinski definition) is 4. The van der Waals surface area contributed by atoms with Crippen LogP contribution < -0.4 is 11.1 Å². The number of aromatic nitrogens is 2. The van der Waals surface area contributed by atoms with Gasteiger partial charge in [0.2, 0.25) is 0 Å². The highest BCUT2D eigenvalue weighted by molar-refractivity contribution is 7.09. The van der Waals surface area contributed by atoms with Crippen LogP contribution in [0.3, 0.4) is 0 Å². The molecule has 2 aromatic rings. The quantitative estimate of drug-likeness (QED) is 0.837. The Kier molecular flexibility index (Phi) is 4.52. The first-order valence-electron chi connectivity index (χ1n) is 6.22. The molecular weight excluding hydrogens is 244 g/mol. The topological polar surface area (TPSA) is 55.9 Å². The van der Waals surface area contributed by atoms with Crippen LogP contribution >= 0.6 is 11.3 Å². The van der Waals surface area contributed by atoms with Crippen LogP contribution in [0.1, 0.15) is 29.1 Å². The van der Waals surface area contributed by atoms with Crippen molar-refractivity contribution in [1.82, 2.24) is 15.1 Å². The van der Waals surface area contributed by atoms with E-state index in [0.717, 1.165) is 18.7 Å². The van der Waals surface area contributed by atoms with Gasteiger partial charge in [-0.05, 0) is 17.9 Å². The van der Waals surface area contributed by atoms with E-state index in [1.807, 2.05) is 11.7 Å². The van der Waals surface area contributed by atoms with Crippen molar-refractivity contribution in [2.24, 2.45) is 12.8 Å². The molecule has 0 aliphatic rings. The fourth-order valence-electron chi connectivity index (χ4n) is 2.08. The summed E-state index contributed by atoms with van der Waals surface area (Å²) in [6.07, 6.45) is 3.01.